The maximum absolute atomic E-state index is 13.5. The average molecular weight is 2140 g/mol. The molecule has 6 N–H and O–H groups in total. The van der Waals surface area contributed by atoms with E-state index in [4.69, 9.17) is 33.8 Å². The molecule has 0 bridgehead atoms. The molecule has 1 aliphatic carbocycles. The Balaban J connectivity index is 0.000000181. The van der Waals surface area contributed by atoms with Crippen molar-refractivity contribution in [2.45, 2.75) is 169 Å². The number of ether oxygens (including phenoxy) is 5. The molecule has 4 aliphatic rings. The second-order valence-corrected chi connectivity index (χ2v) is 40.6. The Morgan fingerprint density at radius 1 is 0.553 bits per heavy atom. The predicted octanol–water partition coefficient (Wildman–Crippen LogP) is 23.0. The number of Topliss-reactive ketones (excluding diaryl/α,β-unsaturated/α-hetero) is 1. The number of phenolic OH excluding ortho intramolecular Hbond substituents is 1. The van der Waals surface area contributed by atoms with E-state index in [1.807, 2.05) is 113 Å². The summed E-state index contributed by atoms with van der Waals surface area (Å²) in [5.41, 5.74) is 17.6. The first-order valence-electron chi connectivity index (χ1n) is 49.4. The third kappa shape index (κ3) is 33.3. The van der Waals surface area contributed by atoms with Gasteiger partial charge < -0.3 is 64.7 Å². The van der Waals surface area contributed by atoms with E-state index in [1.165, 1.54) is 97.3 Å². The number of aromatic hydroxyl groups is 1. The molecule has 1 saturated carbocycles. The number of benzene rings is 11. The number of imide groups is 1. The number of aryl methyl sites for hydroxylation is 5. The fourth-order valence-corrected chi connectivity index (χ4v) is 20.2. The number of aliphatic imine (C=N–C) groups is 1. The average Bonchev–Trinajstić information content (AvgIpc) is 1.23. The molecule has 0 spiro atoms. The number of nitrogens with zero attached hydrogens (tertiary/aromatic N) is 8. The van der Waals surface area contributed by atoms with Crippen LogP contribution in [0.1, 0.15) is 193 Å². The van der Waals surface area contributed by atoms with E-state index in [2.05, 4.69) is 85.5 Å². The van der Waals surface area contributed by atoms with E-state index < -0.39 is 20.0 Å². The number of sulfonamides is 2. The topological polar surface area (TPSA) is 384 Å². The number of hydrogen-bond donors (Lipinski definition) is 5. The summed E-state index contributed by atoms with van der Waals surface area (Å²) in [6.45, 7) is 24.2. The quantitative estimate of drug-likeness (QED) is 0.0126. The monoisotopic (exact) mass is 2140 g/mol. The number of likely N-dealkylation sites (tertiary alicyclic amines) is 2. The highest BCUT2D eigenvalue weighted by Crippen LogP contribution is 2.39. The lowest BCUT2D eigenvalue weighted by atomic mass is 10.0. The minimum absolute atomic E-state index is 0. The molecular weight excluding hydrogens is 2010 g/mol. The van der Waals surface area contributed by atoms with Gasteiger partial charge in [-0.1, -0.05) is 168 Å². The number of nitrogens with one attached hydrogen (secondary N) is 3. The number of allylic oxidation sites excluding steroid dienone is 1. The number of fused-ring (bicyclic) bond motifs is 2. The molecule has 3 fully saturated rings. The molecule has 2 aromatic heterocycles. The van der Waals surface area contributed by atoms with Crippen LogP contribution in [0.4, 0.5) is 28.7 Å². The van der Waals surface area contributed by atoms with Gasteiger partial charge in [0.05, 0.1) is 70.1 Å². The van der Waals surface area contributed by atoms with Gasteiger partial charge in [-0.15, -0.1) is 0 Å². The van der Waals surface area contributed by atoms with Gasteiger partial charge in [0.1, 0.15) is 59.4 Å². The van der Waals surface area contributed by atoms with Crippen LogP contribution in [0.15, 0.2) is 314 Å². The number of anilines is 4. The van der Waals surface area contributed by atoms with Crippen molar-refractivity contribution in [3.63, 3.8) is 0 Å². The Morgan fingerprint density at radius 3 is 1.58 bits per heavy atom. The number of piperidine rings is 2. The lowest BCUT2D eigenvalue weighted by Gasteiger charge is -2.31. The van der Waals surface area contributed by atoms with E-state index in [1.54, 1.807) is 164 Å². The Kier molecular flexibility index (Phi) is 44.4. The zero-order valence-corrected chi connectivity index (χ0v) is 89.4. The van der Waals surface area contributed by atoms with Crippen molar-refractivity contribution in [3.05, 3.63) is 356 Å². The second kappa shape index (κ2) is 57.2. The number of nitrogens with two attached hydrogens (primary N) is 1. The lowest BCUT2D eigenvalue weighted by molar-refractivity contribution is -0.131. The first-order chi connectivity index (χ1) is 71.6. The van der Waals surface area contributed by atoms with Crippen LogP contribution in [0.25, 0.3) is 11.0 Å². The number of amides is 5. The summed E-state index contributed by atoms with van der Waals surface area (Å²) in [7, 11) is -3.36. The standard InChI is InChI=1S/C21H26N2O5S.C21H26N2O4S.C18H22N2O2.C16H16BrNO2.C16H21N5.C16H12O4.C8H8O.CH4/c1-27-17-11-12-20(28-2)19(15-17)23(16-21(24)22-13-7-4-8-14-22)29(25,26)18-9-5-3-6-10-18;1-2-27-20-14-8-7-13-19(20)23(17-21(24)22-15-9-4-10-16-22)28(25,26)18-11-5-3-6-12-18;1-13(19-14-8-2-3-9-14)7-6-12-20-17(21)15-10-4-5-11-16(15)18(20)22;1-10-6-11(2)8-13(7-10)18-16(19)12-4-5-15(20-3)14(17)9-12;1-10(2)13-5-7-14(8-6-13)20-15(17)21-16-18-11(3)9-12(4)19-16;1-10-13(17)8-7-12-15(18)14(9-19-16(10)12)20-11-5-3-2-4-6-11;1-7(9)8-5-3-2-4-6-8;/h3,5-6,9-12,15H,4,7-8,13-14,16H2,1-2H3;3,5-8,11-14H,2,4,9-10,15-17H2,1H3;4-5,10-11,14,19H,1-3,6-9,12H2;4-9H,1-3H3,(H,18,19);5-10H,1-4H3,(H3,17,18,19,20,21);2-9,17H,1H3;2-6H,1H3;1H4. The minimum atomic E-state index is -4.00. The molecule has 0 unspecified atom stereocenters. The van der Waals surface area contributed by atoms with Crippen LogP contribution < -0.4 is 59.4 Å². The smallest absolute Gasteiger partial charge is 0.264 e. The molecule has 17 rings (SSSR count). The molecule has 790 valence electrons. The normalized spacial score (nSPS) is 13.1. The Morgan fingerprint density at radius 2 is 1.07 bits per heavy atom. The van der Waals surface area contributed by atoms with E-state index in [0.717, 1.165) is 105 Å². The molecular formula is C117H135BrN12O18S2. The third-order valence-electron chi connectivity index (χ3n) is 24.4. The van der Waals surface area contributed by atoms with Crippen molar-refractivity contribution < 1.29 is 78.8 Å². The molecule has 3 aliphatic heterocycles. The van der Waals surface area contributed by atoms with Crippen LogP contribution in [0.3, 0.4) is 0 Å². The molecule has 33 heteroatoms. The fraction of sp³-hybridized carbons (Fsp3) is 0.299. The SMILES string of the molecule is C.C=C(CCCN1C(=O)c2ccccc2C1=O)NC1CCCC1.CC(=O)c1ccccc1.CCOc1ccccc1N(CC(=O)N1CCCCC1)S(=O)(=O)c1ccccc1.COc1ccc(C(=O)Nc2cc(C)cc(C)c2)cc1Br.COc1ccc(OC)c(N(CC(=O)N2CCCCC2)S(=O)(=O)c2ccccc2)c1.Cc1c(O)ccc2c(=O)c(Oc3ccccc3)coc12.Cc1cc(C)nc(N=C(N)Nc2ccc(C(C)C)cc2)n1. The summed E-state index contributed by atoms with van der Waals surface area (Å²) in [6, 6.07) is 78.1. The minimum Gasteiger partial charge on any atom is -0.508 e. The maximum atomic E-state index is 13.5. The number of methoxy groups -OCH3 is 3. The predicted molar refractivity (Wildman–Crippen MR) is 596 cm³/mol. The number of carbonyl (C=O) groups excluding carboxylic acids is 6. The molecule has 13 aromatic rings. The number of rotatable bonds is 29. The molecule has 11 aromatic carbocycles. The van der Waals surface area contributed by atoms with Gasteiger partial charge in [0.15, 0.2) is 5.78 Å². The van der Waals surface area contributed by atoms with Crippen molar-refractivity contribution in [2.75, 3.05) is 93.0 Å². The summed E-state index contributed by atoms with van der Waals surface area (Å²) in [4.78, 5) is 103. The van der Waals surface area contributed by atoms with Crippen molar-refractivity contribution in [3.8, 4) is 40.2 Å². The van der Waals surface area contributed by atoms with Gasteiger partial charge in [0.25, 0.3) is 43.7 Å². The van der Waals surface area contributed by atoms with Crippen LogP contribution in [-0.2, 0) is 29.6 Å². The van der Waals surface area contributed by atoms with Gasteiger partial charge in [-0.3, -0.25) is 47.1 Å². The van der Waals surface area contributed by atoms with Crippen LogP contribution in [0.2, 0.25) is 0 Å². The highest BCUT2D eigenvalue weighted by molar-refractivity contribution is 9.10. The number of halogens is 1. The highest BCUT2D eigenvalue weighted by atomic mass is 79.9. The Hall–Kier alpha value is -15.5. The first-order valence-corrected chi connectivity index (χ1v) is 53.1. The number of ketones is 1. The number of aromatic nitrogens is 2. The highest BCUT2D eigenvalue weighted by Gasteiger charge is 2.37. The van der Waals surface area contributed by atoms with Gasteiger partial charge >= 0.3 is 0 Å². The van der Waals surface area contributed by atoms with E-state index in [-0.39, 0.29) is 94.2 Å². The second-order valence-electron chi connectivity index (χ2n) is 36.0. The van der Waals surface area contributed by atoms with Crippen molar-refractivity contribution in [1.82, 2.24) is 30.0 Å². The third-order valence-corrected chi connectivity index (χ3v) is 28.6. The van der Waals surface area contributed by atoms with Crippen LogP contribution in [0, 0.1) is 34.6 Å². The summed E-state index contributed by atoms with van der Waals surface area (Å²) >= 11 is 3.38. The summed E-state index contributed by atoms with van der Waals surface area (Å²) in [6.07, 6.45) is 13.8. The Bertz CT molecular complexity index is 7000. The van der Waals surface area contributed by atoms with Crippen LogP contribution in [-0.4, -0.2) is 168 Å². The number of para-hydroxylation sites is 3. The first kappa shape index (κ1) is 116. The van der Waals surface area contributed by atoms with E-state index in [9.17, 15) is 55.5 Å². The molecule has 0 radical (unpaired) electrons. The van der Waals surface area contributed by atoms with Gasteiger partial charge in [-0.2, -0.15) is 4.99 Å². The zero-order chi connectivity index (χ0) is 107. The molecule has 0 atom stereocenters. The van der Waals surface area contributed by atoms with E-state index >= 15 is 0 Å². The summed E-state index contributed by atoms with van der Waals surface area (Å²) in [5, 5.41) is 19.4. The van der Waals surface area contributed by atoms with E-state index in [0.29, 0.717) is 125 Å². The van der Waals surface area contributed by atoms with Gasteiger partial charge in [0, 0.05) is 90.0 Å². The van der Waals surface area contributed by atoms with Crippen LogP contribution in [0.5, 0.6) is 40.2 Å². The number of phenols is 1. The van der Waals surface area contributed by atoms with Crippen LogP contribution >= 0.6 is 15.9 Å². The summed E-state index contributed by atoms with van der Waals surface area (Å²) < 4.78 is 89.2. The largest absolute Gasteiger partial charge is 0.508 e. The van der Waals surface area contributed by atoms with Gasteiger partial charge in [-0.05, 0) is 285 Å². The molecule has 5 amide bonds. The molecule has 2 saturated heterocycles. The van der Waals surface area contributed by atoms with Crippen molar-refractivity contribution >= 4 is 117 Å². The maximum Gasteiger partial charge on any atom is 0.264 e. The number of carbonyl (C=O) groups is 6. The molecule has 30 nitrogen and oxygen atoms in total. The molecule has 150 heavy (non-hydrogen) atoms. The van der Waals surface area contributed by atoms with Gasteiger partial charge in [-0.25, -0.2) is 26.8 Å². The fourth-order valence-electron chi connectivity index (χ4n) is 16.7. The van der Waals surface area contributed by atoms with Crippen molar-refractivity contribution in [1.29, 1.82) is 0 Å². The van der Waals surface area contributed by atoms with Crippen molar-refractivity contribution in [2.24, 2.45) is 10.7 Å². The molecule has 5 heterocycles. The summed E-state index contributed by atoms with van der Waals surface area (Å²) in [5.74, 6) is 3.11. The Labute approximate surface area is 888 Å². The number of hydrogen-bond acceptors (Lipinski definition) is 22. The lowest BCUT2D eigenvalue weighted by Crippen LogP contribution is -2.45. The zero-order valence-electron chi connectivity index (χ0n) is 86.2. The van der Waals surface area contributed by atoms with Gasteiger partial charge in [0.2, 0.25) is 29.0 Å². The number of guanidine groups is 1.